The number of anilines is 1. The molecule has 0 bridgehead atoms. The van der Waals surface area contributed by atoms with Gasteiger partial charge in [-0.2, -0.15) is 0 Å². The van der Waals surface area contributed by atoms with E-state index in [1.165, 1.54) is 10.6 Å². The highest BCUT2D eigenvalue weighted by atomic mass is 35.5. The molecule has 1 saturated heterocycles. The number of carbonyl (C=O) groups excluding carboxylic acids is 1. The van der Waals surface area contributed by atoms with Gasteiger partial charge in [-0.05, 0) is 43.6 Å². The van der Waals surface area contributed by atoms with Gasteiger partial charge in [-0.15, -0.1) is 0 Å². The van der Waals surface area contributed by atoms with E-state index in [0.717, 1.165) is 18.7 Å². The van der Waals surface area contributed by atoms with Crippen molar-refractivity contribution in [1.82, 2.24) is 9.88 Å². The molecule has 0 radical (unpaired) electrons. The monoisotopic (exact) mass is 375 g/mol. The van der Waals surface area contributed by atoms with Crippen molar-refractivity contribution < 1.29 is 9.53 Å². The highest BCUT2D eigenvalue weighted by Crippen LogP contribution is 2.24. The lowest BCUT2D eigenvalue weighted by molar-refractivity contribution is -0.140. The lowest BCUT2D eigenvalue weighted by Gasteiger charge is -2.34. The molecule has 0 saturated carbocycles. The van der Waals surface area contributed by atoms with Crippen LogP contribution >= 0.6 is 11.6 Å². The van der Waals surface area contributed by atoms with Crippen LogP contribution in [0.4, 0.5) is 5.69 Å². The van der Waals surface area contributed by atoms with E-state index in [-0.39, 0.29) is 11.5 Å². The maximum absolute atomic E-state index is 12.8. The first-order chi connectivity index (χ1) is 12.5. The summed E-state index contributed by atoms with van der Waals surface area (Å²) in [4.78, 5) is 24.9. The van der Waals surface area contributed by atoms with Crippen molar-refractivity contribution in [3.05, 3.63) is 63.5 Å². The molecule has 2 aromatic rings. The molecule has 2 heterocycles. The van der Waals surface area contributed by atoms with Gasteiger partial charge in [0.2, 0.25) is 0 Å². The molecule has 0 atom stereocenters. The van der Waals surface area contributed by atoms with Crippen LogP contribution in [0.2, 0.25) is 5.02 Å². The van der Waals surface area contributed by atoms with Crippen LogP contribution in [0.1, 0.15) is 18.4 Å². The number of benzene rings is 1. The van der Waals surface area contributed by atoms with Crippen molar-refractivity contribution in [2.75, 3.05) is 25.5 Å². The Morgan fingerprint density at radius 2 is 2.00 bits per heavy atom. The highest BCUT2D eigenvalue weighted by molar-refractivity contribution is 6.31. The number of methoxy groups -OCH3 is 1. The molecule has 3 rings (SSSR count). The van der Waals surface area contributed by atoms with Gasteiger partial charge in [0.05, 0.1) is 12.2 Å². The Bertz CT molecular complexity index is 844. The second-order valence-corrected chi connectivity index (χ2v) is 6.79. The van der Waals surface area contributed by atoms with Crippen LogP contribution in [0.15, 0.2) is 47.4 Å². The fourth-order valence-corrected chi connectivity index (χ4v) is 3.33. The van der Waals surface area contributed by atoms with Gasteiger partial charge in [-0.1, -0.05) is 29.8 Å². The summed E-state index contributed by atoms with van der Waals surface area (Å²) >= 11 is 6.18. The first-order valence-corrected chi connectivity index (χ1v) is 8.93. The summed E-state index contributed by atoms with van der Waals surface area (Å²) in [5, 5.41) is 6.71. The lowest BCUT2D eigenvalue weighted by Crippen LogP contribution is -2.51. The number of pyridine rings is 1. The van der Waals surface area contributed by atoms with E-state index in [9.17, 15) is 9.59 Å². The van der Waals surface area contributed by atoms with Gasteiger partial charge in [-0.25, -0.2) is 0 Å². The van der Waals surface area contributed by atoms with Crippen LogP contribution in [-0.2, 0) is 16.1 Å². The lowest BCUT2D eigenvalue weighted by atomic mass is 9.91. The quantitative estimate of drug-likeness (QED) is 0.840. The van der Waals surface area contributed by atoms with Crippen molar-refractivity contribution in [2.24, 2.45) is 0 Å². The van der Waals surface area contributed by atoms with Gasteiger partial charge in [-0.3, -0.25) is 9.59 Å². The number of amides is 1. The standard InChI is InChI=1S/C19H22ClN3O3/c1-26-19(8-10-21-11-9-19)18(25)22-15-6-7-17(24)23(13-15)12-14-4-2-3-5-16(14)20/h2-7,13,21H,8-12H2,1H3,(H,22,25). The number of halogens is 1. The number of carbonyl (C=O) groups is 1. The molecule has 1 fully saturated rings. The Morgan fingerprint density at radius 1 is 1.27 bits per heavy atom. The average molecular weight is 376 g/mol. The van der Waals surface area contributed by atoms with Crippen molar-refractivity contribution >= 4 is 23.2 Å². The number of ether oxygens (including phenoxy) is 1. The molecule has 0 aliphatic carbocycles. The van der Waals surface area contributed by atoms with Crippen molar-refractivity contribution in [2.45, 2.75) is 25.0 Å². The maximum Gasteiger partial charge on any atom is 0.256 e. The zero-order valence-electron chi connectivity index (χ0n) is 14.6. The SMILES string of the molecule is COC1(C(=O)Nc2ccc(=O)n(Cc3ccccc3Cl)c2)CCNCC1. The number of hydrogen-bond donors (Lipinski definition) is 2. The molecule has 1 aromatic carbocycles. The Kier molecular flexibility index (Phi) is 5.76. The van der Waals surface area contributed by atoms with Gasteiger partial charge >= 0.3 is 0 Å². The maximum atomic E-state index is 12.8. The Morgan fingerprint density at radius 3 is 2.69 bits per heavy atom. The summed E-state index contributed by atoms with van der Waals surface area (Å²) in [6.07, 6.45) is 2.84. The van der Waals surface area contributed by atoms with E-state index in [4.69, 9.17) is 16.3 Å². The molecule has 138 valence electrons. The fraction of sp³-hybridized carbons (Fsp3) is 0.368. The zero-order valence-corrected chi connectivity index (χ0v) is 15.4. The normalized spacial score (nSPS) is 16.2. The summed E-state index contributed by atoms with van der Waals surface area (Å²) in [6.45, 7) is 1.79. The summed E-state index contributed by atoms with van der Waals surface area (Å²) in [5.74, 6) is -0.190. The molecule has 26 heavy (non-hydrogen) atoms. The molecule has 7 heteroatoms. The van der Waals surface area contributed by atoms with E-state index < -0.39 is 5.60 Å². The molecule has 1 aromatic heterocycles. The third-order valence-corrected chi connectivity index (χ3v) is 5.12. The van der Waals surface area contributed by atoms with Gasteiger partial charge < -0.3 is 19.9 Å². The number of piperidine rings is 1. The van der Waals surface area contributed by atoms with Crippen LogP contribution in [0.25, 0.3) is 0 Å². The van der Waals surface area contributed by atoms with E-state index in [1.54, 1.807) is 25.4 Å². The minimum atomic E-state index is -0.838. The Balaban J connectivity index is 1.80. The highest BCUT2D eigenvalue weighted by Gasteiger charge is 2.39. The number of aromatic nitrogens is 1. The Labute approximate surface area is 157 Å². The molecule has 1 amide bonds. The van der Waals surface area contributed by atoms with Gasteiger partial charge in [0.1, 0.15) is 5.60 Å². The van der Waals surface area contributed by atoms with Crippen LogP contribution in [0, 0.1) is 0 Å². The van der Waals surface area contributed by atoms with E-state index in [2.05, 4.69) is 10.6 Å². The average Bonchev–Trinajstić information content (AvgIpc) is 2.66. The summed E-state index contributed by atoms with van der Waals surface area (Å²) < 4.78 is 7.07. The van der Waals surface area contributed by atoms with Crippen molar-refractivity contribution in [3.63, 3.8) is 0 Å². The fourth-order valence-electron chi connectivity index (χ4n) is 3.14. The number of hydrogen-bond acceptors (Lipinski definition) is 4. The predicted molar refractivity (Wildman–Crippen MR) is 102 cm³/mol. The van der Waals surface area contributed by atoms with Crippen molar-refractivity contribution in [3.8, 4) is 0 Å². The van der Waals surface area contributed by atoms with Crippen molar-refractivity contribution in [1.29, 1.82) is 0 Å². The molecule has 6 nitrogen and oxygen atoms in total. The van der Waals surface area contributed by atoms with Gasteiger partial charge in [0, 0.05) is 24.4 Å². The van der Waals surface area contributed by atoms with E-state index in [1.807, 2.05) is 18.2 Å². The number of nitrogens with zero attached hydrogens (tertiary/aromatic N) is 1. The number of nitrogens with one attached hydrogen (secondary N) is 2. The van der Waals surface area contributed by atoms with Crippen LogP contribution in [0.3, 0.4) is 0 Å². The van der Waals surface area contributed by atoms with Crippen LogP contribution < -0.4 is 16.2 Å². The zero-order chi connectivity index (χ0) is 18.6. The van der Waals surface area contributed by atoms with Crippen LogP contribution in [0.5, 0.6) is 0 Å². The molecular formula is C19H22ClN3O3. The first-order valence-electron chi connectivity index (χ1n) is 8.55. The first kappa shape index (κ1) is 18.6. The van der Waals surface area contributed by atoms with Gasteiger partial charge in [0.25, 0.3) is 11.5 Å². The van der Waals surface area contributed by atoms with Crippen LogP contribution in [-0.4, -0.2) is 36.3 Å². The minimum absolute atomic E-state index is 0.161. The topological polar surface area (TPSA) is 72.4 Å². The second-order valence-electron chi connectivity index (χ2n) is 6.38. The smallest absolute Gasteiger partial charge is 0.256 e. The summed E-state index contributed by atoms with van der Waals surface area (Å²) in [6, 6.07) is 10.4. The van der Waals surface area contributed by atoms with Gasteiger partial charge in [0.15, 0.2) is 0 Å². The molecule has 1 aliphatic heterocycles. The number of rotatable bonds is 5. The van der Waals surface area contributed by atoms with E-state index in [0.29, 0.717) is 30.1 Å². The molecule has 0 spiro atoms. The Hall–Kier alpha value is -2.15. The minimum Gasteiger partial charge on any atom is -0.368 e. The summed E-state index contributed by atoms with van der Waals surface area (Å²) in [5.41, 5.74) is 0.393. The predicted octanol–water partition coefficient (Wildman–Crippen LogP) is 2.26. The summed E-state index contributed by atoms with van der Waals surface area (Å²) in [7, 11) is 1.56. The second kappa shape index (κ2) is 8.03. The third-order valence-electron chi connectivity index (χ3n) is 4.76. The molecule has 2 N–H and O–H groups in total. The molecule has 1 aliphatic rings. The third kappa shape index (κ3) is 3.98. The largest absolute Gasteiger partial charge is 0.368 e. The molecule has 0 unspecified atom stereocenters. The molecular weight excluding hydrogens is 354 g/mol. The van der Waals surface area contributed by atoms with E-state index >= 15 is 0 Å².